The van der Waals surface area contributed by atoms with Gasteiger partial charge in [0.15, 0.2) is 23.0 Å². The number of hydrogen-bond donors (Lipinski definition) is 1. The summed E-state index contributed by atoms with van der Waals surface area (Å²) in [6, 6.07) is 11.0. The molecule has 0 aliphatic rings. The fourth-order valence-corrected chi connectivity index (χ4v) is 3.34. The van der Waals surface area contributed by atoms with Crippen molar-refractivity contribution in [2.45, 2.75) is 0 Å². The van der Waals surface area contributed by atoms with Gasteiger partial charge in [0.1, 0.15) is 0 Å². The van der Waals surface area contributed by atoms with Crippen LogP contribution in [0.3, 0.4) is 0 Å². The lowest BCUT2D eigenvalue weighted by Crippen LogP contribution is -2.00. The van der Waals surface area contributed by atoms with Gasteiger partial charge in [-0.1, -0.05) is 0 Å². The van der Waals surface area contributed by atoms with Gasteiger partial charge in [-0.2, -0.15) is 9.50 Å². The number of methoxy groups -OCH3 is 5. The fourth-order valence-electron chi connectivity index (χ4n) is 3.34. The molecule has 0 aliphatic carbocycles. The van der Waals surface area contributed by atoms with E-state index in [9.17, 15) is 0 Å². The van der Waals surface area contributed by atoms with Crippen LogP contribution in [0.2, 0.25) is 0 Å². The lowest BCUT2D eigenvalue weighted by Gasteiger charge is -2.14. The second kappa shape index (κ2) is 8.88. The summed E-state index contributed by atoms with van der Waals surface area (Å²) in [6.45, 7) is 0. The summed E-state index contributed by atoms with van der Waals surface area (Å²) in [5, 5.41) is 7.76. The van der Waals surface area contributed by atoms with E-state index < -0.39 is 0 Å². The molecule has 0 spiro atoms. The van der Waals surface area contributed by atoms with Gasteiger partial charge in [-0.05, 0) is 30.3 Å². The number of aromatic nitrogens is 4. The van der Waals surface area contributed by atoms with Crippen LogP contribution in [0.4, 0.5) is 11.6 Å². The van der Waals surface area contributed by atoms with Gasteiger partial charge < -0.3 is 29.0 Å². The lowest BCUT2D eigenvalue weighted by molar-refractivity contribution is 0.324. The highest BCUT2D eigenvalue weighted by atomic mass is 16.5. The Balaban J connectivity index is 1.75. The highest BCUT2D eigenvalue weighted by molar-refractivity contribution is 5.70. The van der Waals surface area contributed by atoms with Gasteiger partial charge in [0.25, 0.3) is 5.78 Å². The van der Waals surface area contributed by atoms with Gasteiger partial charge in [-0.25, -0.2) is 4.98 Å². The molecule has 1 N–H and O–H groups in total. The normalized spacial score (nSPS) is 10.7. The van der Waals surface area contributed by atoms with Crippen LogP contribution < -0.4 is 29.0 Å². The number of hydrogen-bond acceptors (Lipinski definition) is 9. The first-order valence-corrected chi connectivity index (χ1v) is 9.63. The summed E-state index contributed by atoms with van der Waals surface area (Å²) in [7, 11) is 7.88. The van der Waals surface area contributed by atoms with Crippen LogP contribution in [-0.2, 0) is 0 Å². The molecule has 0 atom stereocenters. The van der Waals surface area contributed by atoms with Gasteiger partial charge >= 0.3 is 0 Å². The van der Waals surface area contributed by atoms with Gasteiger partial charge in [-0.15, -0.1) is 5.10 Å². The Morgan fingerprint density at radius 1 is 0.750 bits per heavy atom. The van der Waals surface area contributed by atoms with Gasteiger partial charge in [0.05, 0.1) is 41.2 Å². The summed E-state index contributed by atoms with van der Waals surface area (Å²) in [5.74, 6) is 3.62. The summed E-state index contributed by atoms with van der Waals surface area (Å²) < 4.78 is 28.7. The maximum Gasteiger partial charge on any atom is 0.254 e. The fraction of sp³-hybridized carbons (Fsp3) is 0.227. The minimum absolute atomic E-state index is 0.379. The van der Waals surface area contributed by atoms with Crippen molar-refractivity contribution in [2.75, 3.05) is 40.9 Å². The van der Waals surface area contributed by atoms with E-state index in [0.29, 0.717) is 40.5 Å². The van der Waals surface area contributed by atoms with E-state index in [2.05, 4.69) is 20.4 Å². The van der Waals surface area contributed by atoms with E-state index >= 15 is 0 Å². The predicted octanol–water partition coefficient (Wildman–Crippen LogP) is 3.58. The van der Waals surface area contributed by atoms with Gasteiger partial charge in [0, 0.05) is 23.5 Å². The summed E-state index contributed by atoms with van der Waals surface area (Å²) >= 11 is 0. The minimum atomic E-state index is 0.379. The number of benzene rings is 2. The molecule has 4 aromatic rings. The molecule has 32 heavy (non-hydrogen) atoms. The van der Waals surface area contributed by atoms with Crippen LogP contribution in [0.15, 0.2) is 42.6 Å². The maximum absolute atomic E-state index is 5.48. The Morgan fingerprint density at radius 2 is 1.44 bits per heavy atom. The molecule has 0 amide bonds. The Kier molecular flexibility index (Phi) is 5.84. The van der Waals surface area contributed by atoms with Crippen LogP contribution in [0.1, 0.15) is 0 Å². The molecule has 0 radical (unpaired) electrons. The van der Waals surface area contributed by atoms with E-state index in [4.69, 9.17) is 23.7 Å². The van der Waals surface area contributed by atoms with E-state index in [1.54, 1.807) is 58.4 Å². The highest BCUT2D eigenvalue weighted by Gasteiger charge is 2.17. The second-order valence-electron chi connectivity index (χ2n) is 6.59. The molecule has 10 heteroatoms. The van der Waals surface area contributed by atoms with Crippen LogP contribution in [-0.4, -0.2) is 55.1 Å². The van der Waals surface area contributed by atoms with Crippen LogP contribution in [0.5, 0.6) is 28.7 Å². The van der Waals surface area contributed by atoms with Crippen LogP contribution in [0.25, 0.3) is 17.0 Å². The molecule has 10 nitrogen and oxygen atoms in total. The number of nitrogens with one attached hydrogen (secondary N) is 1. The summed E-state index contributed by atoms with van der Waals surface area (Å²) in [4.78, 5) is 8.81. The lowest BCUT2D eigenvalue weighted by atomic mass is 10.1. The molecular weight excluding hydrogens is 414 g/mol. The van der Waals surface area contributed by atoms with Gasteiger partial charge in [0.2, 0.25) is 11.7 Å². The molecule has 0 bridgehead atoms. The zero-order valence-electron chi connectivity index (χ0n) is 18.4. The zero-order chi connectivity index (χ0) is 22.7. The van der Waals surface area contributed by atoms with Crippen molar-refractivity contribution in [3.05, 3.63) is 42.6 Å². The maximum atomic E-state index is 5.48. The standard InChI is InChI=1S/C22H23N5O5/c1-28-16-7-6-14(12-17(16)29-2)24-21-25-22-23-9-8-15(27(22)26-21)13-10-18(30-3)20(32-5)19(11-13)31-4/h6-12H,1-5H3,(H,24,26). The van der Waals surface area contributed by atoms with Crippen molar-refractivity contribution in [3.63, 3.8) is 0 Å². The Bertz CT molecular complexity index is 1230. The molecular formula is C22H23N5O5. The molecule has 2 aromatic heterocycles. The molecule has 0 aliphatic heterocycles. The molecule has 0 saturated carbocycles. The molecule has 0 fully saturated rings. The summed E-state index contributed by atoms with van der Waals surface area (Å²) in [5.41, 5.74) is 2.30. The first kappa shape index (κ1) is 21.0. The van der Waals surface area contributed by atoms with E-state index in [1.807, 2.05) is 24.3 Å². The van der Waals surface area contributed by atoms with Crippen LogP contribution >= 0.6 is 0 Å². The third-order valence-corrected chi connectivity index (χ3v) is 4.84. The smallest absolute Gasteiger partial charge is 0.254 e. The Hall–Kier alpha value is -4.21. The van der Waals surface area contributed by atoms with E-state index in [1.165, 1.54) is 0 Å². The first-order valence-electron chi connectivity index (χ1n) is 9.63. The topological polar surface area (TPSA) is 101 Å². The summed E-state index contributed by atoms with van der Waals surface area (Å²) in [6.07, 6.45) is 1.67. The average Bonchev–Trinajstić information content (AvgIpc) is 3.25. The minimum Gasteiger partial charge on any atom is -0.493 e. The van der Waals surface area contributed by atoms with E-state index in [-0.39, 0.29) is 0 Å². The van der Waals surface area contributed by atoms with Crippen molar-refractivity contribution >= 4 is 17.4 Å². The Morgan fingerprint density at radius 3 is 2.06 bits per heavy atom. The number of fused-ring (bicyclic) bond motifs is 1. The van der Waals surface area contributed by atoms with Crippen molar-refractivity contribution in [1.29, 1.82) is 0 Å². The molecule has 166 valence electrons. The second-order valence-corrected chi connectivity index (χ2v) is 6.59. The number of nitrogens with zero attached hydrogens (tertiary/aromatic N) is 4. The monoisotopic (exact) mass is 437 g/mol. The van der Waals surface area contributed by atoms with Crippen LogP contribution in [0, 0.1) is 0 Å². The number of rotatable bonds is 8. The third-order valence-electron chi connectivity index (χ3n) is 4.84. The zero-order valence-corrected chi connectivity index (χ0v) is 18.4. The van der Waals surface area contributed by atoms with Gasteiger partial charge in [-0.3, -0.25) is 0 Å². The first-order chi connectivity index (χ1) is 15.6. The molecule has 0 saturated heterocycles. The SMILES string of the molecule is COc1ccc(Nc2nc3nccc(-c4cc(OC)c(OC)c(OC)c4)n3n2)cc1OC. The molecule has 0 unspecified atom stereocenters. The van der Waals surface area contributed by atoms with Crippen molar-refractivity contribution in [2.24, 2.45) is 0 Å². The third kappa shape index (κ3) is 3.78. The molecule has 4 rings (SSSR count). The van der Waals surface area contributed by atoms with E-state index in [0.717, 1.165) is 16.9 Å². The van der Waals surface area contributed by atoms with Crippen molar-refractivity contribution < 1.29 is 23.7 Å². The Labute approximate surface area is 184 Å². The molecule has 2 heterocycles. The average molecular weight is 437 g/mol. The molecule has 2 aromatic carbocycles. The largest absolute Gasteiger partial charge is 0.493 e. The number of ether oxygens (including phenoxy) is 5. The van der Waals surface area contributed by atoms with Crippen molar-refractivity contribution in [3.8, 4) is 40.0 Å². The quantitative estimate of drug-likeness (QED) is 0.443. The highest BCUT2D eigenvalue weighted by Crippen LogP contribution is 2.41. The predicted molar refractivity (Wildman–Crippen MR) is 119 cm³/mol. The van der Waals surface area contributed by atoms with Crippen molar-refractivity contribution in [1.82, 2.24) is 19.6 Å². The number of anilines is 2.